The summed E-state index contributed by atoms with van der Waals surface area (Å²) in [4.78, 5) is 12.1. The standard InChI is InChI=1S/C27H50O6/c1-3-5-7-9-11-13-22-32-27(33-23-14-12-10-8-6-4-2)20-19-26(30)31-24-16-18-25(29)17-15-21-28/h5-8,25,27-29H,3-4,9-24H2,1-2H3/b7-5-,8-6-. The van der Waals surface area contributed by atoms with Gasteiger partial charge >= 0.3 is 5.97 Å². The Hall–Kier alpha value is -1.21. The summed E-state index contributed by atoms with van der Waals surface area (Å²) in [6.07, 6.45) is 19.4. The van der Waals surface area contributed by atoms with Crippen molar-refractivity contribution in [3.05, 3.63) is 24.3 Å². The number of aliphatic hydroxyl groups is 2. The van der Waals surface area contributed by atoms with Crippen molar-refractivity contribution in [1.82, 2.24) is 0 Å². The molecule has 0 aromatic rings. The number of carbonyl (C=O) groups excluding carboxylic acids is 1. The number of carbonyl (C=O) groups is 1. The Kier molecular flexibility index (Phi) is 24.5. The summed E-state index contributed by atoms with van der Waals surface area (Å²) in [5, 5.41) is 18.5. The summed E-state index contributed by atoms with van der Waals surface area (Å²) in [6.45, 7) is 5.92. The van der Waals surface area contributed by atoms with Crippen LogP contribution in [-0.2, 0) is 19.0 Å². The van der Waals surface area contributed by atoms with Gasteiger partial charge in [-0.05, 0) is 77.0 Å². The molecule has 0 spiro atoms. The van der Waals surface area contributed by atoms with Gasteiger partial charge in [-0.1, -0.05) is 38.2 Å². The molecule has 0 fully saturated rings. The molecule has 0 aliphatic carbocycles. The maximum atomic E-state index is 12.1. The summed E-state index contributed by atoms with van der Waals surface area (Å²) < 4.78 is 17.1. The number of rotatable bonds is 24. The number of ether oxygens (including phenoxy) is 3. The van der Waals surface area contributed by atoms with Gasteiger partial charge in [0.15, 0.2) is 6.29 Å². The van der Waals surface area contributed by atoms with E-state index in [1.165, 1.54) is 0 Å². The molecule has 0 saturated heterocycles. The molecule has 194 valence electrons. The van der Waals surface area contributed by atoms with Crippen LogP contribution in [0, 0.1) is 0 Å². The van der Waals surface area contributed by atoms with E-state index < -0.39 is 6.10 Å². The van der Waals surface area contributed by atoms with Crippen molar-refractivity contribution in [2.75, 3.05) is 26.4 Å². The van der Waals surface area contributed by atoms with Crippen LogP contribution in [0.2, 0.25) is 0 Å². The Bertz CT molecular complexity index is 453. The Labute approximate surface area is 202 Å². The molecule has 0 radical (unpaired) electrons. The van der Waals surface area contributed by atoms with Crippen molar-refractivity contribution in [3.8, 4) is 0 Å². The van der Waals surface area contributed by atoms with Gasteiger partial charge in [-0.3, -0.25) is 4.79 Å². The van der Waals surface area contributed by atoms with Gasteiger partial charge < -0.3 is 24.4 Å². The molecule has 6 nitrogen and oxygen atoms in total. The van der Waals surface area contributed by atoms with Crippen LogP contribution in [0.1, 0.15) is 104 Å². The number of hydrogen-bond donors (Lipinski definition) is 2. The highest BCUT2D eigenvalue weighted by Gasteiger charge is 2.13. The van der Waals surface area contributed by atoms with Crippen molar-refractivity contribution in [3.63, 3.8) is 0 Å². The Morgan fingerprint density at radius 3 is 1.88 bits per heavy atom. The molecular formula is C27H50O6. The second-order valence-electron chi connectivity index (χ2n) is 8.34. The van der Waals surface area contributed by atoms with Crippen LogP contribution in [0.25, 0.3) is 0 Å². The Morgan fingerprint density at radius 1 is 0.758 bits per heavy atom. The molecule has 0 heterocycles. The van der Waals surface area contributed by atoms with Crippen LogP contribution in [0.3, 0.4) is 0 Å². The maximum Gasteiger partial charge on any atom is 0.305 e. The Morgan fingerprint density at radius 2 is 1.33 bits per heavy atom. The van der Waals surface area contributed by atoms with Crippen molar-refractivity contribution in [2.24, 2.45) is 0 Å². The molecule has 0 saturated carbocycles. The van der Waals surface area contributed by atoms with Crippen LogP contribution in [0.15, 0.2) is 24.3 Å². The zero-order valence-electron chi connectivity index (χ0n) is 21.2. The van der Waals surface area contributed by atoms with Crippen LogP contribution < -0.4 is 0 Å². The second kappa shape index (κ2) is 25.4. The SMILES string of the molecule is CC/C=C\CCCCOC(CCC(=O)OCCCC(O)CCCO)OCCCC/C=C\CC. The molecular weight excluding hydrogens is 420 g/mol. The first-order valence-electron chi connectivity index (χ1n) is 13.1. The van der Waals surface area contributed by atoms with Gasteiger partial charge in [-0.2, -0.15) is 0 Å². The van der Waals surface area contributed by atoms with Crippen molar-refractivity contribution >= 4 is 5.97 Å². The predicted molar refractivity (Wildman–Crippen MR) is 134 cm³/mol. The van der Waals surface area contributed by atoms with Crippen molar-refractivity contribution < 1.29 is 29.2 Å². The molecule has 1 unspecified atom stereocenters. The molecule has 0 aliphatic rings. The van der Waals surface area contributed by atoms with Crippen LogP contribution >= 0.6 is 0 Å². The minimum atomic E-state index is -0.447. The monoisotopic (exact) mass is 470 g/mol. The fourth-order valence-corrected chi connectivity index (χ4v) is 3.23. The lowest BCUT2D eigenvalue weighted by Gasteiger charge is -2.18. The minimum absolute atomic E-state index is 0.0865. The normalized spacial score (nSPS) is 12.9. The first-order chi connectivity index (χ1) is 16.1. The zero-order valence-corrected chi connectivity index (χ0v) is 21.2. The second-order valence-corrected chi connectivity index (χ2v) is 8.34. The molecule has 1 atom stereocenters. The fraction of sp³-hybridized carbons (Fsp3) is 0.815. The number of hydrogen-bond acceptors (Lipinski definition) is 6. The van der Waals surface area contributed by atoms with E-state index in [4.69, 9.17) is 19.3 Å². The lowest BCUT2D eigenvalue weighted by Crippen LogP contribution is -2.21. The highest BCUT2D eigenvalue weighted by molar-refractivity contribution is 5.69. The third-order valence-corrected chi connectivity index (χ3v) is 5.17. The average molecular weight is 471 g/mol. The molecule has 0 rings (SSSR count). The van der Waals surface area contributed by atoms with E-state index in [0.717, 1.165) is 51.4 Å². The van der Waals surface area contributed by atoms with Gasteiger partial charge in [-0.15, -0.1) is 0 Å². The van der Waals surface area contributed by atoms with Gasteiger partial charge in [0.05, 0.1) is 19.1 Å². The minimum Gasteiger partial charge on any atom is -0.466 e. The molecule has 2 N–H and O–H groups in total. The summed E-state index contributed by atoms with van der Waals surface area (Å²) in [6, 6.07) is 0. The summed E-state index contributed by atoms with van der Waals surface area (Å²) in [7, 11) is 0. The van der Waals surface area contributed by atoms with Gasteiger partial charge in [0.2, 0.25) is 0 Å². The lowest BCUT2D eigenvalue weighted by atomic mass is 10.1. The first kappa shape index (κ1) is 31.8. The predicted octanol–water partition coefficient (Wildman–Crippen LogP) is 5.86. The quantitative estimate of drug-likeness (QED) is 0.0796. The van der Waals surface area contributed by atoms with E-state index in [1.807, 2.05) is 0 Å². The average Bonchev–Trinajstić information content (AvgIpc) is 2.82. The fourth-order valence-electron chi connectivity index (χ4n) is 3.23. The highest BCUT2D eigenvalue weighted by atomic mass is 16.7. The van der Waals surface area contributed by atoms with Crippen LogP contribution in [0.4, 0.5) is 0 Å². The van der Waals surface area contributed by atoms with Crippen LogP contribution in [0.5, 0.6) is 0 Å². The third kappa shape index (κ3) is 23.7. The zero-order chi connectivity index (χ0) is 24.4. The van der Waals surface area contributed by atoms with E-state index in [1.54, 1.807) is 0 Å². The van der Waals surface area contributed by atoms with Gasteiger partial charge in [-0.25, -0.2) is 0 Å². The van der Waals surface area contributed by atoms with E-state index in [2.05, 4.69) is 38.2 Å². The number of esters is 1. The first-order valence-corrected chi connectivity index (χ1v) is 13.1. The lowest BCUT2D eigenvalue weighted by molar-refractivity contribution is -0.159. The van der Waals surface area contributed by atoms with Gasteiger partial charge in [0.1, 0.15) is 0 Å². The van der Waals surface area contributed by atoms with Crippen molar-refractivity contribution in [2.45, 2.75) is 116 Å². The third-order valence-electron chi connectivity index (χ3n) is 5.17. The van der Waals surface area contributed by atoms with Gasteiger partial charge in [0, 0.05) is 26.2 Å². The van der Waals surface area contributed by atoms with Crippen molar-refractivity contribution in [1.29, 1.82) is 0 Å². The molecule has 0 bridgehead atoms. The van der Waals surface area contributed by atoms with E-state index in [0.29, 0.717) is 51.9 Å². The maximum absolute atomic E-state index is 12.1. The summed E-state index contributed by atoms with van der Waals surface area (Å²) in [5.74, 6) is -0.258. The van der Waals surface area contributed by atoms with Crippen LogP contribution in [-0.4, -0.2) is 55.0 Å². The number of unbranched alkanes of at least 4 members (excludes halogenated alkanes) is 4. The summed E-state index contributed by atoms with van der Waals surface area (Å²) in [5.41, 5.74) is 0. The highest BCUT2D eigenvalue weighted by Crippen LogP contribution is 2.11. The topological polar surface area (TPSA) is 85.2 Å². The largest absolute Gasteiger partial charge is 0.466 e. The molecule has 0 aromatic carbocycles. The van der Waals surface area contributed by atoms with E-state index in [-0.39, 0.29) is 25.3 Å². The molecule has 0 amide bonds. The van der Waals surface area contributed by atoms with E-state index in [9.17, 15) is 9.90 Å². The summed E-state index contributed by atoms with van der Waals surface area (Å²) >= 11 is 0. The molecule has 0 aromatic heterocycles. The molecule has 0 aliphatic heterocycles. The van der Waals surface area contributed by atoms with Gasteiger partial charge in [0.25, 0.3) is 0 Å². The number of aliphatic hydroxyl groups excluding tert-OH is 2. The van der Waals surface area contributed by atoms with E-state index >= 15 is 0 Å². The Balaban J connectivity index is 4.13. The smallest absolute Gasteiger partial charge is 0.305 e. The molecule has 6 heteroatoms. The number of allylic oxidation sites excluding steroid dienone is 4. The molecule has 33 heavy (non-hydrogen) atoms.